The molecule has 0 saturated carbocycles. The van der Waals surface area contributed by atoms with Gasteiger partial charge >= 0.3 is 6.18 Å². The summed E-state index contributed by atoms with van der Waals surface area (Å²) in [4.78, 5) is 10.8. The molecule has 1 fully saturated rings. The van der Waals surface area contributed by atoms with E-state index in [0.717, 1.165) is 37.0 Å². The van der Waals surface area contributed by atoms with Gasteiger partial charge in [0.05, 0.1) is 17.9 Å². The van der Waals surface area contributed by atoms with Crippen molar-refractivity contribution >= 4 is 22.2 Å². The highest BCUT2D eigenvalue weighted by atomic mass is 32.1. The molecule has 4 rings (SSSR count). The molecule has 3 aromatic rings. The molecular weight excluding hydrogens is 425 g/mol. The van der Waals surface area contributed by atoms with Crippen molar-refractivity contribution in [3.05, 3.63) is 53.7 Å². The number of aromatic nitrogens is 2. The minimum absolute atomic E-state index is 0.144. The van der Waals surface area contributed by atoms with Crippen LogP contribution in [0.25, 0.3) is 11.3 Å². The highest BCUT2D eigenvalue weighted by molar-refractivity contribution is 7.14. The molecule has 5 nitrogen and oxygen atoms in total. The molecule has 0 radical (unpaired) electrons. The van der Waals surface area contributed by atoms with E-state index in [4.69, 9.17) is 4.74 Å². The topological polar surface area (TPSA) is 50.3 Å². The van der Waals surface area contributed by atoms with Gasteiger partial charge in [-0.2, -0.15) is 13.2 Å². The monoisotopic (exact) mass is 448 g/mol. The van der Waals surface area contributed by atoms with E-state index in [0.29, 0.717) is 17.2 Å². The van der Waals surface area contributed by atoms with E-state index >= 15 is 0 Å². The van der Waals surface area contributed by atoms with Crippen LogP contribution in [0.4, 0.5) is 24.0 Å². The summed E-state index contributed by atoms with van der Waals surface area (Å²) in [5, 5.41) is 5.30. The number of anilines is 2. The normalized spacial score (nSPS) is 14.7. The van der Waals surface area contributed by atoms with Crippen LogP contribution in [-0.4, -0.2) is 41.1 Å². The van der Waals surface area contributed by atoms with Gasteiger partial charge in [-0.3, -0.25) is 4.98 Å². The zero-order valence-corrected chi connectivity index (χ0v) is 17.7. The van der Waals surface area contributed by atoms with E-state index in [1.165, 1.54) is 30.2 Å². The Morgan fingerprint density at radius 3 is 2.74 bits per heavy atom. The maximum atomic E-state index is 13.6. The van der Waals surface area contributed by atoms with Crippen molar-refractivity contribution in [1.29, 1.82) is 0 Å². The summed E-state index contributed by atoms with van der Waals surface area (Å²) in [6, 6.07) is 7.71. The highest BCUT2D eigenvalue weighted by Gasteiger charge is 2.34. The van der Waals surface area contributed by atoms with Crippen molar-refractivity contribution in [2.75, 3.05) is 31.6 Å². The lowest BCUT2D eigenvalue weighted by atomic mass is 10.1. The molecule has 1 saturated heterocycles. The Morgan fingerprint density at radius 2 is 2.00 bits per heavy atom. The molecule has 2 aromatic heterocycles. The Kier molecular flexibility index (Phi) is 6.72. The van der Waals surface area contributed by atoms with Gasteiger partial charge < -0.3 is 15.0 Å². The smallest absolute Gasteiger partial charge is 0.420 e. The van der Waals surface area contributed by atoms with Crippen LogP contribution >= 0.6 is 11.3 Å². The van der Waals surface area contributed by atoms with Gasteiger partial charge in [-0.15, -0.1) is 11.3 Å². The van der Waals surface area contributed by atoms with Gasteiger partial charge in [-0.25, -0.2) is 4.98 Å². The van der Waals surface area contributed by atoms with E-state index in [-0.39, 0.29) is 12.4 Å². The minimum atomic E-state index is -4.51. The van der Waals surface area contributed by atoms with E-state index in [2.05, 4.69) is 20.2 Å². The molecule has 0 amide bonds. The van der Waals surface area contributed by atoms with Crippen LogP contribution in [0.1, 0.15) is 24.8 Å². The molecule has 0 spiro atoms. The Balaban J connectivity index is 1.42. The van der Waals surface area contributed by atoms with Crippen LogP contribution in [0.2, 0.25) is 0 Å². The maximum absolute atomic E-state index is 13.6. The molecule has 1 aliphatic rings. The van der Waals surface area contributed by atoms with Crippen LogP contribution < -0.4 is 10.1 Å². The summed E-state index contributed by atoms with van der Waals surface area (Å²) >= 11 is 1.32. The van der Waals surface area contributed by atoms with Crippen molar-refractivity contribution in [3.8, 4) is 17.0 Å². The van der Waals surface area contributed by atoms with Gasteiger partial charge in [0.1, 0.15) is 5.75 Å². The van der Waals surface area contributed by atoms with Gasteiger partial charge in [-0.1, -0.05) is 0 Å². The summed E-state index contributed by atoms with van der Waals surface area (Å²) in [7, 11) is 0. The SMILES string of the molecule is FC(F)(F)c1cc(Nc2nc(-c3cccnc3)cs2)ccc1OCCCN1CCCC1. The van der Waals surface area contributed by atoms with Gasteiger partial charge in [0.25, 0.3) is 0 Å². The molecule has 31 heavy (non-hydrogen) atoms. The number of alkyl halides is 3. The third-order valence-corrected chi connectivity index (χ3v) is 5.83. The van der Waals surface area contributed by atoms with Crippen molar-refractivity contribution < 1.29 is 17.9 Å². The number of hydrogen-bond acceptors (Lipinski definition) is 6. The highest BCUT2D eigenvalue weighted by Crippen LogP contribution is 2.39. The molecule has 1 N–H and O–H groups in total. The zero-order chi connectivity index (χ0) is 21.7. The van der Waals surface area contributed by atoms with E-state index < -0.39 is 11.7 Å². The predicted molar refractivity (Wildman–Crippen MR) is 116 cm³/mol. The second-order valence-electron chi connectivity index (χ2n) is 7.36. The van der Waals surface area contributed by atoms with Crippen molar-refractivity contribution in [1.82, 2.24) is 14.9 Å². The Labute approximate surface area is 182 Å². The lowest BCUT2D eigenvalue weighted by Crippen LogP contribution is -2.22. The molecule has 9 heteroatoms. The fourth-order valence-electron chi connectivity index (χ4n) is 3.53. The quantitative estimate of drug-likeness (QED) is 0.439. The first-order valence-electron chi connectivity index (χ1n) is 10.2. The van der Waals surface area contributed by atoms with Crippen LogP contribution in [-0.2, 0) is 6.18 Å². The van der Waals surface area contributed by atoms with Crippen LogP contribution in [0, 0.1) is 0 Å². The van der Waals surface area contributed by atoms with Gasteiger partial charge in [-0.05, 0) is 62.7 Å². The fourth-order valence-corrected chi connectivity index (χ4v) is 4.27. The maximum Gasteiger partial charge on any atom is 0.420 e. The first kappa shape index (κ1) is 21.6. The van der Waals surface area contributed by atoms with E-state index in [9.17, 15) is 13.2 Å². The Morgan fingerprint density at radius 1 is 1.16 bits per heavy atom. The van der Waals surface area contributed by atoms with Gasteiger partial charge in [0.15, 0.2) is 5.13 Å². The molecular formula is C22H23F3N4OS. The Hall–Kier alpha value is -2.65. The lowest BCUT2D eigenvalue weighted by Gasteiger charge is -2.17. The van der Waals surface area contributed by atoms with Crippen LogP contribution in [0.15, 0.2) is 48.1 Å². The predicted octanol–water partition coefficient (Wildman–Crippen LogP) is 5.83. The molecule has 0 unspecified atom stereocenters. The van der Waals surface area contributed by atoms with Gasteiger partial charge in [0.2, 0.25) is 0 Å². The third kappa shape index (κ3) is 5.74. The minimum Gasteiger partial charge on any atom is -0.493 e. The van der Waals surface area contributed by atoms with Crippen LogP contribution in [0.5, 0.6) is 5.75 Å². The molecule has 0 bridgehead atoms. The first-order valence-corrected chi connectivity index (χ1v) is 11.1. The number of nitrogens with zero attached hydrogens (tertiary/aromatic N) is 3. The van der Waals surface area contributed by atoms with Crippen molar-refractivity contribution in [3.63, 3.8) is 0 Å². The van der Waals surface area contributed by atoms with E-state index in [1.54, 1.807) is 24.5 Å². The summed E-state index contributed by atoms with van der Waals surface area (Å²) in [5.74, 6) is -0.144. The number of likely N-dealkylation sites (tertiary alicyclic amines) is 1. The molecule has 3 heterocycles. The largest absolute Gasteiger partial charge is 0.493 e. The summed E-state index contributed by atoms with van der Waals surface area (Å²) in [6.07, 6.45) is 1.94. The summed E-state index contributed by atoms with van der Waals surface area (Å²) in [6.45, 7) is 3.23. The molecule has 164 valence electrons. The molecule has 1 aliphatic heterocycles. The Bertz CT molecular complexity index is 988. The number of hydrogen-bond donors (Lipinski definition) is 1. The van der Waals surface area contributed by atoms with Crippen molar-refractivity contribution in [2.45, 2.75) is 25.4 Å². The number of rotatable bonds is 8. The third-order valence-electron chi connectivity index (χ3n) is 5.07. The number of benzene rings is 1. The molecule has 0 aliphatic carbocycles. The average molecular weight is 449 g/mol. The fraction of sp³-hybridized carbons (Fsp3) is 0.364. The molecule has 0 atom stereocenters. The summed E-state index contributed by atoms with van der Waals surface area (Å²) in [5.41, 5.74) is 1.08. The van der Waals surface area contributed by atoms with Crippen molar-refractivity contribution in [2.24, 2.45) is 0 Å². The number of halogens is 3. The zero-order valence-electron chi connectivity index (χ0n) is 16.9. The first-order chi connectivity index (χ1) is 15.0. The number of ether oxygens (including phenoxy) is 1. The standard InChI is InChI=1S/C22H23F3N4OS/c23-22(24,25)18-13-17(6-7-20(18)30-12-4-11-29-9-1-2-10-29)27-21-28-19(15-31-21)16-5-3-8-26-14-16/h3,5-8,13-15H,1-2,4,9-12H2,(H,27,28). The lowest BCUT2D eigenvalue weighted by molar-refractivity contribution is -0.138. The number of thiazole rings is 1. The second-order valence-corrected chi connectivity index (χ2v) is 8.22. The van der Waals surface area contributed by atoms with Crippen LogP contribution in [0.3, 0.4) is 0 Å². The number of pyridine rings is 1. The van der Waals surface area contributed by atoms with Gasteiger partial charge in [0, 0.05) is 35.6 Å². The molecule has 1 aromatic carbocycles. The number of nitrogens with one attached hydrogen (secondary N) is 1. The summed E-state index contributed by atoms with van der Waals surface area (Å²) < 4.78 is 46.3. The van der Waals surface area contributed by atoms with E-state index in [1.807, 2.05) is 11.4 Å². The second kappa shape index (κ2) is 9.65. The average Bonchev–Trinajstić information content (AvgIpc) is 3.44.